The van der Waals surface area contributed by atoms with Gasteiger partial charge in [-0.1, -0.05) is 15.9 Å². The van der Waals surface area contributed by atoms with Crippen LogP contribution in [0.1, 0.15) is 19.3 Å². The number of nitrogens with zero attached hydrogens (tertiary/aromatic N) is 1. The Bertz CT molecular complexity index is 534. The Labute approximate surface area is 123 Å². The summed E-state index contributed by atoms with van der Waals surface area (Å²) in [6, 6.07) is 3.84. The zero-order valence-electron chi connectivity index (χ0n) is 10.6. The third-order valence-corrected chi connectivity index (χ3v) is 3.48. The fourth-order valence-electron chi connectivity index (χ4n) is 1.83. The molecule has 0 aliphatic heterocycles. The minimum atomic E-state index is -0.961. The van der Waals surface area contributed by atoms with E-state index in [4.69, 9.17) is 5.11 Å². The molecule has 1 aromatic rings. The quantitative estimate of drug-likeness (QED) is 0.862. The summed E-state index contributed by atoms with van der Waals surface area (Å²) >= 11 is 3.21. The summed E-state index contributed by atoms with van der Waals surface area (Å²) in [5.41, 5.74) is 0.0744. The lowest BCUT2D eigenvalue weighted by molar-refractivity contribution is -0.137. The average Bonchev–Trinajstić information content (AvgIpc) is 3.18. The number of nitrogens with one attached hydrogen (secondary N) is 1. The Morgan fingerprint density at radius 2 is 2.15 bits per heavy atom. The third kappa shape index (κ3) is 3.93. The van der Waals surface area contributed by atoms with Crippen molar-refractivity contribution in [2.45, 2.75) is 25.3 Å². The number of anilines is 1. The maximum Gasteiger partial charge on any atom is 0.322 e. The van der Waals surface area contributed by atoms with Crippen molar-refractivity contribution in [3.05, 3.63) is 28.5 Å². The minimum Gasteiger partial charge on any atom is -0.481 e. The number of rotatable bonds is 5. The van der Waals surface area contributed by atoms with Crippen molar-refractivity contribution in [1.29, 1.82) is 0 Å². The number of carbonyl (C=O) groups excluding carboxylic acids is 1. The molecule has 0 heterocycles. The first-order chi connectivity index (χ1) is 9.47. The van der Waals surface area contributed by atoms with E-state index >= 15 is 0 Å². The van der Waals surface area contributed by atoms with Crippen LogP contribution in [0.25, 0.3) is 0 Å². The Hall–Kier alpha value is -1.63. The van der Waals surface area contributed by atoms with Gasteiger partial charge >= 0.3 is 12.0 Å². The Morgan fingerprint density at radius 1 is 1.45 bits per heavy atom. The van der Waals surface area contributed by atoms with Gasteiger partial charge < -0.3 is 15.3 Å². The first kappa shape index (κ1) is 14.8. The number of benzene rings is 1. The zero-order valence-corrected chi connectivity index (χ0v) is 12.2. The van der Waals surface area contributed by atoms with Gasteiger partial charge in [-0.2, -0.15) is 0 Å². The van der Waals surface area contributed by atoms with Crippen molar-refractivity contribution >= 4 is 33.6 Å². The topological polar surface area (TPSA) is 69.6 Å². The van der Waals surface area contributed by atoms with Gasteiger partial charge in [-0.15, -0.1) is 0 Å². The zero-order chi connectivity index (χ0) is 14.7. The smallest absolute Gasteiger partial charge is 0.322 e. The van der Waals surface area contributed by atoms with Crippen molar-refractivity contribution in [1.82, 2.24) is 4.90 Å². The molecule has 2 rings (SSSR count). The summed E-state index contributed by atoms with van der Waals surface area (Å²) in [5.74, 6) is -1.49. The molecule has 0 spiro atoms. The molecule has 0 radical (unpaired) electrons. The summed E-state index contributed by atoms with van der Waals surface area (Å²) in [7, 11) is 0. The molecule has 0 unspecified atom stereocenters. The van der Waals surface area contributed by atoms with Crippen molar-refractivity contribution in [2.24, 2.45) is 0 Å². The molecule has 0 bridgehead atoms. The second kappa shape index (κ2) is 6.21. The average molecular weight is 345 g/mol. The number of hydrogen-bond acceptors (Lipinski definition) is 2. The Morgan fingerprint density at radius 3 is 2.75 bits per heavy atom. The fourth-order valence-corrected chi connectivity index (χ4v) is 2.19. The predicted molar refractivity (Wildman–Crippen MR) is 75.1 cm³/mol. The van der Waals surface area contributed by atoms with Crippen molar-refractivity contribution in [3.63, 3.8) is 0 Å². The molecule has 1 aromatic carbocycles. The number of carboxylic acids is 1. The maximum absolute atomic E-state index is 13.6. The first-order valence-corrected chi connectivity index (χ1v) is 7.01. The van der Waals surface area contributed by atoms with Crippen LogP contribution in [0.15, 0.2) is 22.7 Å². The monoisotopic (exact) mass is 344 g/mol. The molecule has 0 atom stereocenters. The van der Waals surface area contributed by atoms with Gasteiger partial charge in [0.1, 0.15) is 5.82 Å². The van der Waals surface area contributed by atoms with Crippen LogP contribution < -0.4 is 5.32 Å². The van der Waals surface area contributed by atoms with Gasteiger partial charge in [0, 0.05) is 17.1 Å². The fraction of sp³-hybridized carbons (Fsp3) is 0.385. The highest BCUT2D eigenvalue weighted by atomic mass is 79.9. The van der Waals surface area contributed by atoms with E-state index in [-0.39, 0.29) is 24.7 Å². The SMILES string of the molecule is O=C(O)CCN(C(=O)Nc1cc(Br)ccc1F)C1CC1. The third-order valence-electron chi connectivity index (χ3n) is 2.99. The summed E-state index contributed by atoms with van der Waals surface area (Å²) in [6.45, 7) is 0.126. The molecule has 5 nitrogen and oxygen atoms in total. The molecule has 108 valence electrons. The molecule has 2 N–H and O–H groups in total. The van der Waals surface area contributed by atoms with Gasteiger partial charge in [0.05, 0.1) is 12.1 Å². The number of carbonyl (C=O) groups is 2. The van der Waals surface area contributed by atoms with Gasteiger partial charge in [-0.05, 0) is 31.0 Å². The van der Waals surface area contributed by atoms with Crippen molar-refractivity contribution in [3.8, 4) is 0 Å². The molecule has 1 aliphatic rings. The molecule has 1 saturated carbocycles. The van der Waals surface area contributed by atoms with Crippen LogP contribution >= 0.6 is 15.9 Å². The maximum atomic E-state index is 13.6. The van der Waals surface area contributed by atoms with E-state index in [0.717, 1.165) is 12.8 Å². The number of carboxylic acid groups (broad SMARTS) is 1. The highest BCUT2D eigenvalue weighted by molar-refractivity contribution is 9.10. The van der Waals surface area contributed by atoms with E-state index < -0.39 is 17.8 Å². The van der Waals surface area contributed by atoms with Crippen LogP contribution in [0.5, 0.6) is 0 Å². The molecule has 1 aliphatic carbocycles. The van der Waals surface area contributed by atoms with Gasteiger partial charge in [0.15, 0.2) is 0 Å². The molecule has 20 heavy (non-hydrogen) atoms. The second-order valence-corrected chi connectivity index (χ2v) is 5.54. The number of amides is 2. The normalized spacial score (nSPS) is 13.9. The first-order valence-electron chi connectivity index (χ1n) is 6.22. The number of aliphatic carboxylic acids is 1. The summed E-state index contributed by atoms with van der Waals surface area (Å²) in [6.07, 6.45) is 1.59. The standard InChI is InChI=1S/C13H14BrFN2O3/c14-8-1-4-10(15)11(7-8)16-13(20)17(9-2-3-9)6-5-12(18)19/h1,4,7,9H,2-3,5-6H2,(H,16,20)(H,18,19). The molecule has 1 fully saturated rings. The summed E-state index contributed by atoms with van der Waals surface area (Å²) in [5, 5.41) is 11.2. The van der Waals surface area contributed by atoms with E-state index in [0.29, 0.717) is 4.47 Å². The number of halogens is 2. The number of urea groups is 1. The van der Waals surface area contributed by atoms with E-state index in [2.05, 4.69) is 21.2 Å². The molecular weight excluding hydrogens is 331 g/mol. The van der Waals surface area contributed by atoms with Gasteiger partial charge in [-0.3, -0.25) is 4.79 Å². The minimum absolute atomic E-state index is 0.0598. The van der Waals surface area contributed by atoms with Gasteiger partial charge in [-0.25, -0.2) is 9.18 Å². The van der Waals surface area contributed by atoms with Crippen LogP contribution in [-0.4, -0.2) is 34.6 Å². The summed E-state index contributed by atoms with van der Waals surface area (Å²) < 4.78 is 14.2. The largest absolute Gasteiger partial charge is 0.481 e. The van der Waals surface area contributed by atoms with E-state index in [1.54, 1.807) is 0 Å². The van der Waals surface area contributed by atoms with Crippen LogP contribution in [-0.2, 0) is 4.79 Å². The lowest BCUT2D eigenvalue weighted by atomic mass is 10.3. The van der Waals surface area contributed by atoms with Gasteiger partial charge in [0.2, 0.25) is 0 Å². The predicted octanol–water partition coefficient (Wildman–Crippen LogP) is 3.06. The lowest BCUT2D eigenvalue weighted by Gasteiger charge is -2.22. The van der Waals surface area contributed by atoms with Crippen LogP contribution in [0, 0.1) is 5.82 Å². The summed E-state index contributed by atoms with van der Waals surface area (Å²) in [4.78, 5) is 24.2. The van der Waals surface area contributed by atoms with Gasteiger partial charge in [0.25, 0.3) is 0 Å². The van der Waals surface area contributed by atoms with Crippen LogP contribution in [0.2, 0.25) is 0 Å². The van der Waals surface area contributed by atoms with Crippen molar-refractivity contribution < 1.29 is 19.1 Å². The van der Waals surface area contributed by atoms with Crippen molar-refractivity contribution in [2.75, 3.05) is 11.9 Å². The van der Waals surface area contributed by atoms with Crippen LogP contribution in [0.3, 0.4) is 0 Å². The molecule has 2 amide bonds. The second-order valence-electron chi connectivity index (χ2n) is 4.62. The van der Waals surface area contributed by atoms with E-state index in [9.17, 15) is 14.0 Å². The molecule has 0 aromatic heterocycles. The van der Waals surface area contributed by atoms with E-state index in [1.807, 2.05) is 0 Å². The molecule has 7 heteroatoms. The van der Waals surface area contributed by atoms with E-state index in [1.165, 1.54) is 23.1 Å². The number of hydrogen-bond donors (Lipinski definition) is 2. The molecular formula is C13H14BrFN2O3. The van der Waals surface area contributed by atoms with Crippen LogP contribution in [0.4, 0.5) is 14.9 Å². The highest BCUT2D eigenvalue weighted by Gasteiger charge is 2.33. The molecule has 0 saturated heterocycles. The highest BCUT2D eigenvalue weighted by Crippen LogP contribution is 2.28. The lowest BCUT2D eigenvalue weighted by Crippen LogP contribution is -2.38. The Kier molecular flexibility index (Phi) is 4.59. The Balaban J connectivity index is 2.04.